The summed E-state index contributed by atoms with van der Waals surface area (Å²) in [5.41, 5.74) is 20.0. The molecule has 0 amide bonds. The molecule has 0 saturated heterocycles. The molecule has 2 aliphatic carbocycles. The van der Waals surface area contributed by atoms with Gasteiger partial charge in [-0.1, -0.05) is 183 Å². The zero-order chi connectivity index (χ0) is 35.9. The number of pyridine rings is 1. The summed E-state index contributed by atoms with van der Waals surface area (Å²) in [5, 5.41) is 0. The van der Waals surface area contributed by atoms with Crippen molar-refractivity contribution < 1.29 is 0 Å². The van der Waals surface area contributed by atoms with Crippen LogP contribution in [0.15, 0.2) is 188 Å². The first kappa shape index (κ1) is 32.3. The molecule has 0 radical (unpaired) electrons. The lowest BCUT2D eigenvalue weighted by molar-refractivity contribution is 0.353. The topological polar surface area (TPSA) is 12.9 Å². The van der Waals surface area contributed by atoms with Gasteiger partial charge >= 0.3 is 0 Å². The van der Waals surface area contributed by atoms with E-state index >= 15 is 0 Å². The van der Waals surface area contributed by atoms with Crippen LogP contribution in [0.5, 0.6) is 0 Å². The first-order chi connectivity index (χ1) is 26.7. The highest BCUT2D eigenvalue weighted by Crippen LogP contribution is 2.56. The van der Waals surface area contributed by atoms with E-state index in [0.717, 1.165) is 28.1 Å². The van der Waals surface area contributed by atoms with Crippen LogP contribution in [0.1, 0.15) is 43.2 Å². The molecule has 1 heterocycles. The molecule has 1 fully saturated rings. The Bertz CT molecular complexity index is 2540. The first-order valence-electron chi connectivity index (χ1n) is 19.4. The minimum atomic E-state index is 0.184. The van der Waals surface area contributed by atoms with Crippen LogP contribution in [0.4, 0.5) is 0 Å². The Labute approximate surface area is 318 Å². The van der Waals surface area contributed by atoms with E-state index in [1.54, 1.807) is 5.56 Å². The SMILES string of the molecule is c1ccc(-c2cc(-c3ccc(-c4ccccc4)c(-c4ccc(-c5ccc6c(c5)-c5ccccc5C65CCCCC5)cc4)c3)cc(-c3ccccc3)n2)cc1. The summed E-state index contributed by atoms with van der Waals surface area (Å²) in [6, 6.07) is 68.8. The van der Waals surface area contributed by atoms with Gasteiger partial charge in [0.05, 0.1) is 11.4 Å². The van der Waals surface area contributed by atoms with E-state index in [1.165, 1.54) is 87.7 Å². The molecule has 1 saturated carbocycles. The Hall–Kier alpha value is -6.31. The van der Waals surface area contributed by atoms with Crippen LogP contribution >= 0.6 is 0 Å². The molecule has 1 nitrogen and oxygen atoms in total. The number of benzene rings is 7. The van der Waals surface area contributed by atoms with Crippen molar-refractivity contribution in [3.8, 4) is 78.1 Å². The second kappa shape index (κ2) is 13.6. The predicted octanol–water partition coefficient (Wildman–Crippen LogP) is 14.3. The molecule has 10 rings (SSSR count). The highest BCUT2D eigenvalue weighted by molar-refractivity contribution is 5.90. The van der Waals surface area contributed by atoms with Crippen molar-refractivity contribution in [3.63, 3.8) is 0 Å². The zero-order valence-corrected chi connectivity index (χ0v) is 30.4. The third-order valence-corrected chi connectivity index (χ3v) is 11.9. The molecule has 8 aromatic rings. The summed E-state index contributed by atoms with van der Waals surface area (Å²) >= 11 is 0. The maximum Gasteiger partial charge on any atom is 0.0715 e. The second-order valence-corrected chi connectivity index (χ2v) is 15.0. The van der Waals surface area contributed by atoms with Gasteiger partial charge in [0.25, 0.3) is 0 Å². The fourth-order valence-corrected chi connectivity index (χ4v) is 9.22. The van der Waals surface area contributed by atoms with Crippen molar-refractivity contribution in [1.29, 1.82) is 0 Å². The Morgan fingerprint density at radius 1 is 0.296 bits per heavy atom. The summed E-state index contributed by atoms with van der Waals surface area (Å²) in [5.74, 6) is 0. The van der Waals surface area contributed by atoms with Crippen LogP contribution < -0.4 is 0 Å². The van der Waals surface area contributed by atoms with Crippen LogP contribution in [0.25, 0.3) is 78.1 Å². The van der Waals surface area contributed by atoms with Gasteiger partial charge in [0.15, 0.2) is 0 Å². The summed E-state index contributed by atoms with van der Waals surface area (Å²) in [4.78, 5) is 5.14. The van der Waals surface area contributed by atoms with E-state index in [4.69, 9.17) is 4.98 Å². The molecule has 2 aliphatic rings. The fraction of sp³-hybridized carbons (Fsp3) is 0.113. The van der Waals surface area contributed by atoms with Crippen molar-refractivity contribution in [3.05, 3.63) is 199 Å². The largest absolute Gasteiger partial charge is 0.248 e. The van der Waals surface area contributed by atoms with E-state index < -0.39 is 0 Å². The van der Waals surface area contributed by atoms with Crippen molar-refractivity contribution in [2.24, 2.45) is 0 Å². The smallest absolute Gasteiger partial charge is 0.0715 e. The van der Waals surface area contributed by atoms with Gasteiger partial charge in [-0.15, -0.1) is 0 Å². The predicted molar refractivity (Wildman–Crippen MR) is 226 cm³/mol. The van der Waals surface area contributed by atoms with Gasteiger partial charge in [-0.3, -0.25) is 0 Å². The Kier molecular flexibility index (Phi) is 8.14. The third-order valence-electron chi connectivity index (χ3n) is 11.9. The number of aromatic nitrogens is 1. The molecule has 0 bridgehead atoms. The van der Waals surface area contributed by atoms with Crippen molar-refractivity contribution >= 4 is 0 Å². The highest BCUT2D eigenvalue weighted by atomic mass is 14.7. The van der Waals surface area contributed by atoms with Crippen LogP contribution in [0, 0.1) is 0 Å². The monoisotopic (exact) mass is 691 g/mol. The quantitative estimate of drug-likeness (QED) is 0.169. The van der Waals surface area contributed by atoms with Crippen LogP contribution in [-0.4, -0.2) is 4.98 Å². The van der Waals surface area contributed by atoms with Crippen LogP contribution in [0.2, 0.25) is 0 Å². The second-order valence-electron chi connectivity index (χ2n) is 15.0. The van der Waals surface area contributed by atoms with E-state index in [2.05, 4.69) is 188 Å². The van der Waals surface area contributed by atoms with Gasteiger partial charge in [-0.2, -0.15) is 0 Å². The molecular weight excluding hydrogens is 651 g/mol. The summed E-state index contributed by atoms with van der Waals surface area (Å²) in [6.45, 7) is 0. The van der Waals surface area contributed by atoms with Crippen molar-refractivity contribution in [2.75, 3.05) is 0 Å². The average Bonchev–Trinajstić information content (AvgIpc) is 3.52. The lowest BCUT2D eigenvalue weighted by atomic mass is 9.68. The molecule has 258 valence electrons. The van der Waals surface area contributed by atoms with E-state index in [9.17, 15) is 0 Å². The lowest BCUT2D eigenvalue weighted by Crippen LogP contribution is -2.27. The number of rotatable bonds is 6. The minimum Gasteiger partial charge on any atom is -0.248 e. The normalized spacial score (nSPS) is 14.1. The molecule has 54 heavy (non-hydrogen) atoms. The van der Waals surface area contributed by atoms with Gasteiger partial charge in [0, 0.05) is 16.5 Å². The molecule has 7 aromatic carbocycles. The van der Waals surface area contributed by atoms with Gasteiger partial charge in [0.1, 0.15) is 0 Å². The van der Waals surface area contributed by atoms with Crippen LogP contribution in [-0.2, 0) is 5.41 Å². The summed E-state index contributed by atoms with van der Waals surface area (Å²) in [7, 11) is 0. The number of nitrogens with zero attached hydrogens (tertiary/aromatic N) is 1. The maximum absolute atomic E-state index is 5.14. The van der Waals surface area contributed by atoms with Crippen molar-refractivity contribution in [1.82, 2.24) is 4.98 Å². The standard InChI is InChI=1S/C53H41N/c1-5-15-38(16-6-1)45-29-27-43(44-35-51(40-17-7-2-8-18-40)54-52(36-44)41-19-9-3-10-20-41)33-47(45)39-25-23-37(24-26-39)42-28-30-50-48(34-42)46-21-11-12-22-49(46)53(50)31-13-4-14-32-53/h1-3,5-12,15-30,33-36H,4,13-14,31-32H2. The number of fused-ring (bicyclic) bond motifs is 5. The molecule has 1 spiro atoms. The van der Waals surface area contributed by atoms with Gasteiger partial charge in [0.2, 0.25) is 0 Å². The van der Waals surface area contributed by atoms with E-state index in [0.29, 0.717) is 0 Å². The number of hydrogen-bond donors (Lipinski definition) is 0. The molecule has 0 atom stereocenters. The maximum atomic E-state index is 5.14. The lowest BCUT2D eigenvalue weighted by Gasteiger charge is -2.36. The molecule has 0 N–H and O–H groups in total. The molecule has 1 aromatic heterocycles. The van der Waals surface area contributed by atoms with Gasteiger partial charge < -0.3 is 0 Å². The molecule has 0 aliphatic heterocycles. The average molecular weight is 692 g/mol. The Morgan fingerprint density at radius 3 is 1.44 bits per heavy atom. The van der Waals surface area contributed by atoms with Gasteiger partial charge in [-0.25, -0.2) is 4.98 Å². The summed E-state index contributed by atoms with van der Waals surface area (Å²) in [6.07, 6.45) is 6.49. The van der Waals surface area contributed by atoms with E-state index in [-0.39, 0.29) is 5.41 Å². The van der Waals surface area contributed by atoms with Crippen LogP contribution in [0.3, 0.4) is 0 Å². The summed E-state index contributed by atoms with van der Waals surface area (Å²) < 4.78 is 0. The molecular formula is C53H41N. The highest BCUT2D eigenvalue weighted by Gasteiger charge is 2.43. The Balaban J connectivity index is 1.07. The third kappa shape index (κ3) is 5.69. The minimum absolute atomic E-state index is 0.184. The fourth-order valence-electron chi connectivity index (χ4n) is 9.22. The van der Waals surface area contributed by atoms with Gasteiger partial charge in [-0.05, 0) is 104 Å². The Morgan fingerprint density at radius 2 is 0.778 bits per heavy atom. The zero-order valence-electron chi connectivity index (χ0n) is 30.4. The number of hydrogen-bond acceptors (Lipinski definition) is 1. The molecule has 1 heteroatoms. The first-order valence-corrected chi connectivity index (χ1v) is 19.4. The van der Waals surface area contributed by atoms with E-state index in [1.807, 2.05) is 0 Å². The van der Waals surface area contributed by atoms with Crippen molar-refractivity contribution in [2.45, 2.75) is 37.5 Å². The molecule has 0 unspecified atom stereocenters.